The number of rotatable bonds is 3. The van der Waals surface area contributed by atoms with Crippen molar-refractivity contribution in [3.8, 4) is 0 Å². The molecule has 0 saturated heterocycles. The van der Waals surface area contributed by atoms with Crippen molar-refractivity contribution in [3.63, 3.8) is 0 Å². The van der Waals surface area contributed by atoms with E-state index in [0.717, 1.165) is 19.2 Å². The lowest BCUT2D eigenvalue weighted by atomic mass is 10.3. The Labute approximate surface area is 92.9 Å². The zero-order valence-electron chi connectivity index (χ0n) is 8.10. The third-order valence-electron chi connectivity index (χ3n) is 1.83. The Morgan fingerprint density at radius 2 is 1.56 bits per heavy atom. The zero-order chi connectivity index (χ0) is 12.6. The van der Waals surface area contributed by atoms with Gasteiger partial charge in [-0.25, -0.2) is 4.31 Å². The van der Waals surface area contributed by atoms with Gasteiger partial charge in [-0.3, -0.25) is 9.11 Å². The smallest absolute Gasteiger partial charge is 0.282 e. The number of anilines is 1. The molecule has 2 N–H and O–H groups in total. The van der Waals surface area contributed by atoms with Gasteiger partial charge in [0.1, 0.15) is 4.90 Å². The molecule has 0 spiro atoms. The molecular weight excluding hydrogens is 258 g/mol. The van der Waals surface area contributed by atoms with Gasteiger partial charge in [-0.15, -0.1) is 0 Å². The minimum Gasteiger partial charge on any atom is -0.282 e. The van der Waals surface area contributed by atoms with E-state index in [9.17, 15) is 16.8 Å². The maximum atomic E-state index is 10.9. The molecule has 1 rings (SSSR count). The van der Waals surface area contributed by atoms with Crippen LogP contribution in [0.15, 0.2) is 29.2 Å². The van der Waals surface area contributed by atoms with Crippen LogP contribution in [0, 0.1) is 0 Å². The minimum absolute atomic E-state index is 0.340. The zero-order valence-corrected chi connectivity index (χ0v) is 9.73. The van der Waals surface area contributed by atoms with E-state index in [2.05, 4.69) is 0 Å². The van der Waals surface area contributed by atoms with Gasteiger partial charge in [0.05, 0.1) is 5.69 Å². The molecule has 0 aliphatic carbocycles. The molecule has 0 bridgehead atoms. The van der Waals surface area contributed by atoms with Crippen molar-refractivity contribution in [3.05, 3.63) is 24.3 Å². The fourth-order valence-corrected chi connectivity index (χ4v) is 2.25. The van der Waals surface area contributed by atoms with Gasteiger partial charge in [-0.2, -0.15) is 16.8 Å². The summed E-state index contributed by atoms with van der Waals surface area (Å²) in [7, 11) is -8.18. The summed E-state index contributed by atoms with van der Waals surface area (Å²) in [5, 5.41) is 0. The Balaban J connectivity index is 3.48. The first-order chi connectivity index (χ1) is 7.14. The van der Waals surface area contributed by atoms with Crippen LogP contribution in [0.25, 0.3) is 0 Å². The molecule has 9 heteroatoms. The van der Waals surface area contributed by atoms with Gasteiger partial charge in [0.25, 0.3) is 10.1 Å². The predicted octanol–water partition coefficient (Wildman–Crippen LogP) is 0.172. The van der Waals surface area contributed by atoms with Crippen LogP contribution < -0.4 is 4.31 Å². The van der Waals surface area contributed by atoms with Crippen LogP contribution in [0.5, 0.6) is 0 Å². The standard InChI is InChI=1S/C7H9NO6S2/c1-8(16(12,13)14)6-4-2-3-5-7(6)15(9,10)11/h2-5H,1H3,(H,9,10,11)(H,12,13,14). The fourth-order valence-electron chi connectivity index (χ4n) is 1.06. The van der Waals surface area contributed by atoms with E-state index in [0.29, 0.717) is 4.31 Å². The average molecular weight is 267 g/mol. The molecule has 7 nitrogen and oxygen atoms in total. The molecule has 1 aromatic carbocycles. The summed E-state index contributed by atoms with van der Waals surface area (Å²) >= 11 is 0. The van der Waals surface area contributed by atoms with E-state index >= 15 is 0 Å². The van der Waals surface area contributed by atoms with Gasteiger partial charge >= 0.3 is 10.3 Å². The lowest BCUT2D eigenvalue weighted by molar-refractivity contribution is 0.480. The lowest BCUT2D eigenvalue weighted by Gasteiger charge is -2.17. The molecule has 0 saturated carbocycles. The summed E-state index contributed by atoms with van der Waals surface area (Å²) in [6.07, 6.45) is 0. The predicted molar refractivity (Wildman–Crippen MR) is 56.2 cm³/mol. The van der Waals surface area contributed by atoms with Crippen molar-refractivity contribution in [2.75, 3.05) is 11.4 Å². The van der Waals surface area contributed by atoms with E-state index < -0.39 is 25.3 Å². The second-order valence-electron chi connectivity index (χ2n) is 2.89. The summed E-state index contributed by atoms with van der Waals surface area (Å²) in [5.41, 5.74) is -0.340. The molecule has 0 aromatic heterocycles. The van der Waals surface area contributed by atoms with Gasteiger partial charge in [0.2, 0.25) is 0 Å². The Morgan fingerprint density at radius 3 is 2.00 bits per heavy atom. The van der Waals surface area contributed by atoms with Gasteiger partial charge in [0.15, 0.2) is 0 Å². The second kappa shape index (κ2) is 4.01. The number of para-hydroxylation sites is 1. The molecule has 0 aliphatic rings. The van der Waals surface area contributed by atoms with E-state index in [1.807, 2.05) is 0 Å². The van der Waals surface area contributed by atoms with Gasteiger partial charge in [-0.05, 0) is 12.1 Å². The van der Waals surface area contributed by atoms with E-state index in [1.54, 1.807) is 0 Å². The lowest BCUT2D eigenvalue weighted by Crippen LogP contribution is -2.26. The topological polar surface area (TPSA) is 112 Å². The van der Waals surface area contributed by atoms with Gasteiger partial charge < -0.3 is 0 Å². The molecule has 0 radical (unpaired) electrons. The normalized spacial score (nSPS) is 12.4. The molecule has 0 heterocycles. The van der Waals surface area contributed by atoms with Crippen LogP contribution >= 0.6 is 0 Å². The molecular formula is C7H9NO6S2. The molecule has 0 atom stereocenters. The van der Waals surface area contributed by atoms with Crippen molar-refractivity contribution >= 4 is 26.1 Å². The van der Waals surface area contributed by atoms with Crippen LogP contribution in [0.1, 0.15) is 0 Å². The van der Waals surface area contributed by atoms with E-state index in [-0.39, 0.29) is 5.69 Å². The molecule has 0 fully saturated rings. The van der Waals surface area contributed by atoms with Crippen molar-refractivity contribution in [1.29, 1.82) is 0 Å². The third-order valence-corrected chi connectivity index (χ3v) is 3.62. The first-order valence-corrected chi connectivity index (χ1v) is 6.75. The molecule has 0 amide bonds. The van der Waals surface area contributed by atoms with Crippen LogP contribution in [-0.4, -0.2) is 33.0 Å². The number of hydrogen-bond donors (Lipinski definition) is 2. The van der Waals surface area contributed by atoms with Gasteiger partial charge in [0, 0.05) is 7.05 Å². The Kier molecular flexibility index (Phi) is 3.24. The second-order valence-corrected chi connectivity index (χ2v) is 5.72. The van der Waals surface area contributed by atoms with Crippen molar-refractivity contribution in [1.82, 2.24) is 0 Å². The number of hydrogen-bond acceptors (Lipinski definition) is 4. The first kappa shape index (κ1) is 12.9. The Morgan fingerprint density at radius 1 is 1.06 bits per heavy atom. The summed E-state index contributed by atoms with van der Waals surface area (Å²) < 4.78 is 61.5. The van der Waals surface area contributed by atoms with E-state index in [4.69, 9.17) is 9.11 Å². The quantitative estimate of drug-likeness (QED) is 0.755. The van der Waals surface area contributed by atoms with Crippen molar-refractivity contribution in [2.24, 2.45) is 0 Å². The number of nitrogens with zero attached hydrogens (tertiary/aromatic N) is 1. The summed E-state index contributed by atoms with van der Waals surface area (Å²) in [6.45, 7) is 0. The number of benzene rings is 1. The molecule has 1 aromatic rings. The highest BCUT2D eigenvalue weighted by Crippen LogP contribution is 2.25. The van der Waals surface area contributed by atoms with Crippen LogP contribution in [0.3, 0.4) is 0 Å². The SMILES string of the molecule is CN(c1ccccc1S(=O)(=O)O)S(=O)(=O)O. The molecule has 90 valence electrons. The average Bonchev–Trinajstić information content (AvgIpc) is 2.14. The van der Waals surface area contributed by atoms with Crippen LogP contribution in [-0.2, 0) is 20.4 Å². The first-order valence-electron chi connectivity index (χ1n) is 3.92. The fraction of sp³-hybridized carbons (Fsp3) is 0.143. The molecule has 0 aliphatic heterocycles. The third kappa shape index (κ3) is 2.70. The summed E-state index contributed by atoms with van der Waals surface area (Å²) in [6, 6.07) is 4.83. The van der Waals surface area contributed by atoms with Crippen molar-refractivity contribution in [2.45, 2.75) is 4.90 Å². The molecule has 0 unspecified atom stereocenters. The summed E-state index contributed by atoms with van der Waals surface area (Å²) in [4.78, 5) is -0.602. The van der Waals surface area contributed by atoms with Crippen molar-refractivity contribution < 1.29 is 25.9 Å². The van der Waals surface area contributed by atoms with Gasteiger partial charge in [-0.1, -0.05) is 12.1 Å². The van der Waals surface area contributed by atoms with Crippen LogP contribution in [0.2, 0.25) is 0 Å². The Hall–Kier alpha value is -1.16. The van der Waals surface area contributed by atoms with Crippen LogP contribution in [0.4, 0.5) is 5.69 Å². The largest absolute Gasteiger partial charge is 0.359 e. The highest BCUT2D eigenvalue weighted by Gasteiger charge is 2.22. The monoisotopic (exact) mass is 267 g/mol. The summed E-state index contributed by atoms with van der Waals surface area (Å²) in [5.74, 6) is 0. The van der Waals surface area contributed by atoms with E-state index in [1.165, 1.54) is 12.1 Å². The maximum Gasteiger partial charge on any atom is 0.359 e. The minimum atomic E-state index is -4.58. The highest BCUT2D eigenvalue weighted by molar-refractivity contribution is 7.87. The highest BCUT2D eigenvalue weighted by atomic mass is 32.2. The molecule has 16 heavy (non-hydrogen) atoms. The maximum absolute atomic E-state index is 10.9. The Bertz CT molecular complexity index is 591.